The van der Waals surface area contributed by atoms with Crippen molar-refractivity contribution >= 4 is 86.7 Å². The van der Waals surface area contributed by atoms with E-state index < -0.39 is 0 Å². The molecule has 3 heterocycles. The second-order valence-electron chi connectivity index (χ2n) is 17.2. The second kappa shape index (κ2) is 14.3. The van der Waals surface area contributed by atoms with E-state index in [0.29, 0.717) is 17.5 Å². The topological polar surface area (TPSA) is 48.5 Å². The molecule has 0 aliphatic heterocycles. The Hall–Kier alpha value is -8.93. The average Bonchev–Trinajstić information content (AvgIpc) is 3.88. The van der Waals surface area contributed by atoms with Gasteiger partial charge in [-0.1, -0.05) is 158 Å². The lowest BCUT2D eigenvalue weighted by molar-refractivity contribution is 1.07. The normalized spacial score (nSPS) is 11.9. The van der Waals surface area contributed by atoms with Gasteiger partial charge in [0.2, 0.25) is 0 Å². The number of aromatic nitrogens is 5. The van der Waals surface area contributed by atoms with Crippen molar-refractivity contribution in [2.45, 2.75) is 0 Å². The van der Waals surface area contributed by atoms with Crippen LogP contribution >= 0.6 is 0 Å². The fraction of sp³-hybridized carbons (Fsp3) is 0. The third kappa shape index (κ3) is 5.57. The molecule has 0 N–H and O–H groups in total. The molecule has 0 saturated heterocycles. The lowest BCUT2D eigenvalue weighted by Crippen LogP contribution is -2.04. The summed E-state index contributed by atoms with van der Waals surface area (Å²) in [5, 5.41) is 14.3. The molecule has 5 nitrogen and oxygen atoms in total. The highest BCUT2D eigenvalue weighted by atomic mass is 15.1. The molecule has 66 heavy (non-hydrogen) atoms. The first-order valence-corrected chi connectivity index (χ1v) is 22.4. The minimum Gasteiger partial charge on any atom is -0.309 e. The van der Waals surface area contributed by atoms with Crippen LogP contribution in [-0.4, -0.2) is 24.1 Å². The van der Waals surface area contributed by atoms with Crippen LogP contribution < -0.4 is 0 Å². The largest absolute Gasteiger partial charge is 0.309 e. The van der Waals surface area contributed by atoms with Crippen molar-refractivity contribution in [3.8, 4) is 45.5 Å². The van der Waals surface area contributed by atoms with E-state index in [1.165, 1.54) is 59.5 Å². The number of benzene rings is 11. The van der Waals surface area contributed by atoms with Gasteiger partial charge in [-0.3, -0.25) is 0 Å². The van der Waals surface area contributed by atoms with E-state index in [2.05, 4.69) is 215 Å². The highest BCUT2D eigenvalue weighted by Crippen LogP contribution is 2.41. The summed E-state index contributed by atoms with van der Waals surface area (Å²) in [5.74, 6) is 1.88. The molecule has 3 aromatic heterocycles. The van der Waals surface area contributed by atoms with Crippen molar-refractivity contribution in [1.29, 1.82) is 0 Å². The molecule has 11 aromatic carbocycles. The summed E-state index contributed by atoms with van der Waals surface area (Å²) in [6, 6.07) is 80.5. The maximum absolute atomic E-state index is 5.39. The summed E-state index contributed by atoms with van der Waals surface area (Å²) in [7, 11) is 0. The Kier molecular flexibility index (Phi) is 7.91. The molecule has 0 aliphatic carbocycles. The highest BCUT2D eigenvalue weighted by molar-refractivity contribution is 6.16. The van der Waals surface area contributed by atoms with Gasteiger partial charge in [-0.15, -0.1) is 0 Å². The Labute approximate surface area is 379 Å². The maximum Gasteiger partial charge on any atom is 0.166 e. The Balaban J connectivity index is 0.981. The summed E-state index contributed by atoms with van der Waals surface area (Å²) < 4.78 is 4.82. The maximum atomic E-state index is 5.39. The first-order valence-electron chi connectivity index (χ1n) is 22.4. The van der Waals surface area contributed by atoms with Gasteiger partial charge in [0.15, 0.2) is 17.5 Å². The van der Waals surface area contributed by atoms with Gasteiger partial charge in [0, 0.05) is 43.9 Å². The van der Waals surface area contributed by atoms with Crippen LogP contribution in [0.25, 0.3) is 132 Å². The number of fused-ring (bicyclic) bond motifs is 11. The molecule has 0 fully saturated rings. The zero-order chi connectivity index (χ0) is 43.3. The summed E-state index contributed by atoms with van der Waals surface area (Å²) in [4.78, 5) is 15.9. The van der Waals surface area contributed by atoms with E-state index >= 15 is 0 Å². The molecule has 0 atom stereocenters. The smallest absolute Gasteiger partial charge is 0.166 e. The zero-order valence-electron chi connectivity index (χ0n) is 35.6. The highest BCUT2D eigenvalue weighted by Gasteiger charge is 2.21. The van der Waals surface area contributed by atoms with E-state index in [0.717, 1.165) is 55.3 Å². The minimum absolute atomic E-state index is 0.613. The Morgan fingerprint density at radius 1 is 0.258 bits per heavy atom. The summed E-state index contributed by atoms with van der Waals surface area (Å²) in [6.45, 7) is 0. The van der Waals surface area contributed by atoms with Crippen LogP contribution in [0.1, 0.15) is 0 Å². The molecule has 14 aromatic rings. The van der Waals surface area contributed by atoms with Crippen molar-refractivity contribution in [1.82, 2.24) is 24.1 Å². The summed E-state index contributed by atoms with van der Waals surface area (Å²) in [6.07, 6.45) is 0. The van der Waals surface area contributed by atoms with Gasteiger partial charge in [0.1, 0.15) is 0 Å². The molecule has 5 heteroatoms. The molecular formula is C61H37N5. The van der Waals surface area contributed by atoms with Gasteiger partial charge in [-0.05, 0) is 110 Å². The fourth-order valence-electron chi connectivity index (χ4n) is 10.5. The fourth-order valence-corrected chi connectivity index (χ4v) is 10.5. The second-order valence-corrected chi connectivity index (χ2v) is 17.2. The van der Waals surface area contributed by atoms with Crippen molar-refractivity contribution in [3.63, 3.8) is 0 Å². The quantitative estimate of drug-likeness (QED) is 0.162. The molecule has 14 rings (SSSR count). The first-order chi connectivity index (χ1) is 32.7. The van der Waals surface area contributed by atoms with Crippen molar-refractivity contribution in [3.05, 3.63) is 224 Å². The number of hydrogen-bond donors (Lipinski definition) is 0. The van der Waals surface area contributed by atoms with Crippen LogP contribution in [0.2, 0.25) is 0 Å². The third-order valence-electron chi connectivity index (χ3n) is 13.5. The van der Waals surface area contributed by atoms with Crippen molar-refractivity contribution in [2.75, 3.05) is 0 Å². The number of para-hydroxylation sites is 3. The zero-order valence-corrected chi connectivity index (χ0v) is 35.6. The minimum atomic E-state index is 0.613. The monoisotopic (exact) mass is 839 g/mol. The van der Waals surface area contributed by atoms with Gasteiger partial charge < -0.3 is 9.13 Å². The van der Waals surface area contributed by atoms with E-state index in [9.17, 15) is 0 Å². The van der Waals surface area contributed by atoms with Crippen LogP contribution in [0.3, 0.4) is 0 Å². The van der Waals surface area contributed by atoms with Gasteiger partial charge in [0.05, 0.1) is 27.8 Å². The summed E-state index contributed by atoms with van der Waals surface area (Å²) >= 11 is 0. The van der Waals surface area contributed by atoms with Gasteiger partial charge in [-0.2, -0.15) is 0 Å². The first kappa shape index (κ1) is 36.5. The Bertz CT molecular complexity index is 4290. The molecule has 0 bridgehead atoms. The summed E-state index contributed by atoms with van der Waals surface area (Å²) in [5.41, 5.74) is 9.58. The van der Waals surface area contributed by atoms with E-state index in [-0.39, 0.29) is 0 Å². The molecule has 0 aliphatic rings. The van der Waals surface area contributed by atoms with Crippen molar-refractivity contribution < 1.29 is 0 Å². The van der Waals surface area contributed by atoms with E-state index in [1.54, 1.807) is 0 Å². The van der Waals surface area contributed by atoms with Gasteiger partial charge in [-0.25, -0.2) is 15.0 Å². The van der Waals surface area contributed by atoms with Crippen LogP contribution in [-0.2, 0) is 0 Å². The number of rotatable bonds is 5. The Morgan fingerprint density at radius 3 is 1.53 bits per heavy atom. The molecule has 306 valence electrons. The average molecular weight is 840 g/mol. The van der Waals surface area contributed by atoms with Gasteiger partial charge in [0.25, 0.3) is 0 Å². The third-order valence-corrected chi connectivity index (χ3v) is 13.5. The van der Waals surface area contributed by atoms with Gasteiger partial charge >= 0.3 is 0 Å². The van der Waals surface area contributed by atoms with Crippen LogP contribution in [0.5, 0.6) is 0 Å². The van der Waals surface area contributed by atoms with E-state index in [1.807, 2.05) is 18.2 Å². The lowest BCUT2D eigenvalue weighted by atomic mass is 9.97. The molecule has 0 saturated carbocycles. The molecule has 0 unspecified atom stereocenters. The number of hydrogen-bond acceptors (Lipinski definition) is 3. The predicted molar refractivity (Wildman–Crippen MR) is 275 cm³/mol. The SMILES string of the molecule is c1ccc(-c2nc(-c3ccccc3-n3c4ccccc4c4cc5cc(-n6c7ccccc7c7cc8ccccc8cc76)ccc5cc43)nc(-c3cc4ccccc4c4ccccc34)n2)cc1. The lowest BCUT2D eigenvalue weighted by Gasteiger charge is -2.16. The molecule has 0 radical (unpaired) electrons. The molecule has 0 spiro atoms. The number of nitrogens with zero attached hydrogens (tertiary/aromatic N) is 5. The Morgan fingerprint density at radius 2 is 0.773 bits per heavy atom. The standard InChI is InChI=1S/C61H37N5/c1-2-16-38(17-3-1)59-62-60(64-61(63-59)53-34-42-20-6-7-21-45(42)46-22-8-9-23-47(46)53)50-26-12-15-29-56(50)66-55-28-14-11-25-49(55)52-35-43-32-44(31-30-41(43)37-58(52)66)65-54-27-13-10-24-48(54)51-33-39-18-4-5-19-40(39)36-57(51)65/h1-37H. The predicted octanol–water partition coefficient (Wildman–Crippen LogP) is 15.7. The van der Waals surface area contributed by atoms with Crippen LogP contribution in [0, 0.1) is 0 Å². The van der Waals surface area contributed by atoms with Crippen LogP contribution in [0.15, 0.2) is 224 Å². The molecule has 0 amide bonds. The molecular weight excluding hydrogens is 803 g/mol. The van der Waals surface area contributed by atoms with Crippen LogP contribution in [0.4, 0.5) is 0 Å². The van der Waals surface area contributed by atoms with Crippen molar-refractivity contribution in [2.24, 2.45) is 0 Å². The van der Waals surface area contributed by atoms with E-state index in [4.69, 9.17) is 15.0 Å².